The molecule has 1 aromatic carbocycles. The molecule has 1 saturated carbocycles. The van der Waals surface area contributed by atoms with Crippen molar-refractivity contribution >= 4 is 27.6 Å². The number of sulfonamides is 1. The summed E-state index contributed by atoms with van der Waals surface area (Å²) in [5.74, 6) is -0.326. The molecule has 148 valence electrons. The Morgan fingerprint density at radius 2 is 1.85 bits per heavy atom. The first-order chi connectivity index (χ1) is 12.8. The minimum absolute atomic E-state index is 0.0879. The summed E-state index contributed by atoms with van der Waals surface area (Å²) in [5.41, 5.74) is 0.229. The zero-order valence-corrected chi connectivity index (χ0v) is 16.3. The monoisotopic (exact) mass is 394 g/mol. The van der Waals surface area contributed by atoms with Gasteiger partial charge in [-0.05, 0) is 43.7 Å². The summed E-state index contributed by atoms with van der Waals surface area (Å²) in [6.07, 6.45) is 7.71. The van der Waals surface area contributed by atoms with E-state index in [0.29, 0.717) is 12.5 Å². The number of likely N-dealkylation sites (tertiary alicyclic amines) is 1. The van der Waals surface area contributed by atoms with Gasteiger partial charge in [0, 0.05) is 12.6 Å². The zero-order chi connectivity index (χ0) is 19.4. The Hall–Kier alpha value is -2.09. The maximum atomic E-state index is 12.6. The number of carbonyl (C=O) groups is 2. The van der Waals surface area contributed by atoms with Gasteiger partial charge in [-0.2, -0.15) is 0 Å². The van der Waals surface area contributed by atoms with E-state index in [4.69, 9.17) is 4.74 Å². The minimum Gasteiger partial charge on any atom is -0.452 e. The van der Waals surface area contributed by atoms with E-state index in [-0.39, 0.29) is 29.8 Å². The number of nitrogens with one attached hydrogen (secondary N) is 1. The second kappa shape index (κ2) is 8.29. The number of fused-ring (bicyclic) bond motifs is 1. The van der Waals surface area contributed by atoms with Crippen molar-refractivity contribution in [3.8, 4) is 0 Å². The Kier molecular flexibility index (Phi) is 6.04. The Balaban J connectivity index is 1.63. The lowest BCUT2D eigenvalue weighted by Crippen LogP contribution is -2.50. The predicted octanol–water partition coefficient (Wildman–Crippen LogP) is 2.40. The third kappa shape index (κ3) is 5.00. The summed E-state index contributed by atoms with van der Waals surface area (Å²) in [4.78, 5) is 26.9. The number of benzene rings is 1. The number of amides is 1. The van der Waals surface area contributed by atoms with Gasteiger partial charge in [0.15, 0.2) is 6.61 Å². The van der Waals surface area contributed by atoms with Crippen LogP contribution in [0.2, 0.25) is 0 Å². The molecule has 2 aliphatic rings. The Labute approximate surface area is 160 Å². The largest absolute Gasteiger partial charge is 0.452 e. The third-order valence-electron chi connectivity index (χ3n) is 5.33. The summed E-state index contributed by atoms with van der Waals surface area (Å²) in [7, 11) is -3.53. The second-order valence-corrected chi connectivity index (χ2v) is 9.09. The lowest BCUT2D eigenvalue weighted by Gasteiger charge is -2.44. The van der Waals surface area contributed by atoms with Crippen LogP contribution >= 0.6 is 0 Å². The van der Waals surface area contributed by atoms with E-state index >= 15 is 0 Å². The fourth-order valence-electron chi connectivity index (χ4n) is 4.17. The average Bonchev–Trinajstić information content (AvgIpc) is 2.64. The van der Waals surface area contributed by atoms with Gasteiger partial charge in [0.2, 0.25) is 10.0 Å². The van der Waals surface area contributed by atoms with Crippen molar-refractivity contribution in [1.82, 2.24) is 4.90 Å². The smallest absolute Gasteiger partial charge is 0.340 e. The molecule has 0 unspecified atom stereocenters. The molecule has 1 N–H and O–H groups in total. The molecule has 2 fully saturated rings. The van der Waals surface area contributed by atoms with Crippen LogP contribution in [0.15, 0.2) is 24.3 Å². The van der Waals surface area contributed by atoms with Crippen molar-refractivity contribution in [3.05, 3.63) is 29.8 Å². The summed E-state index contributed by atoms with van der Waals surface area (Å²) in [6, 6.07) is 6.45. The number of para-hydroxylation sites is 1. The Bertz CT molecular complexity index is 806. The number of nitrogens with zero attached hydrogens (tertiary/aromatic N) is 1. The summed E-state index contributed by atoms with van der Waals surface area (Å²) < 4.78 is 30.4. The van der Waals surface area contributed by atoms with Crippen LogP contribution in [0.3, 0.4) is 0 Å². The lowest BCUT2D eigenvalue weighted by molar-refractivity contribution is -0.140. The van der Waals surface area contributed by atoms with E-state index in [2.05, 4.69) is 4.72 Å². The van der Waals surface area contributed by atoms with Gasteiger partial charge in [-0.25, -0.2) is 13.2 Å². The molecule has 8 heteroatoms. The van der Waals surface area contributed by atoms with Crippen molar-refractivity contribution in [1.29, 1.82) is 0 Å². The third-order valence-corrected chi connectivity index (χ3v) is 5.92. The number of hydrogen-bond acceptors (Lipinski definition) is 5. The van der Waals surface area contributed by atoms with E-state index in [9.17, 15) is 18.0 Å². The van der Waals surface area contributed by atoms with Crippen LogP contribution in [0.4, 0.5) is 5.69 Å². The highest BCUT2D eigenvalue weighted by Gasteiger charge is 2.35. The number of carbonyl (C=O) groups excluding carboxylic acids is 2. The molecule has 1 aliphatic heterocycles. The summed E-state index contributed by atoms with van der Waals surface area (Å²) in [6.45, 7) is 0.388. The van der Waals surface area contributed by atoms with Gasteiger partial charge in [-0.1, -0.05) is 25.0 Å². The lowest BCUT2D eigenvalue weighted by atomic mass is 9.78. The van der Waals surface area contributed by atoms with Gasteiger partial charge >= 0.3 is 5.97 Å². The second-order valence-electron chi connectivity index (χ2n) is 7.34. The van der Waals surface area contributed by atoms with Crippen LogP contribution in [0.1, 0.15) is 48.9 Å². The Morgan fingerprint density at radius 3 is 2.63 bits per heavy atom. The molecule has 2 atom stereocenters. The van der Waals surface area contributed by atoms with Gasteiger partial charge in [0.25, 0.3) is 5.91 Å². The van der Waals surface area contributed by atoms with E-state index < -0.39 is 16.0 Å². The number of esters is 1. The number of piperidine rings is 1. The molecule has 3 rings (SSSR count). The van der Waals surface area contributed by atoms with Crippen LogP contribution in [0.5, 0.6) is 0 Å². The van der Waals surface area contributed by atoms with Gasteiger partial charge in [-0.15, -0.1) is 0 Å². The van der Waals surface area contributed by atoms with E-state index in [1.807, 2.05) is 4.90 Å². The number of anilines is 1. The Morgan fingerprint density at radius 1 is 1.15 bits per heavy atom. The predicted molar refractivity (Wildman–Crippen MR) is 102 cm³/mol. The van der Waals surface area contributed by atoms with E-state index in [1.54, 1.807) is 12.1 Å². The van der Waals surface area contributed by atoms with Crippen LogP contribution < -0.4 is 4.72 Å². The van der Waals surface area contributed by atoms with Crippen molar-refractivity contribution in [2.75, 3.05) is 24.1 Å². The van der Waals surface area contributed by atoms with Crippen molar-refractivity contribution < 1.29 is 22.7 Å². The molecular weight excluding hydrogens is 368 g/mol. The molecule has 0 radical (unpaired) electrons. The van der Waals surface area contributed by atoms with Gasteiger partial charge in [0.05, 0.1) is 17.5 Å². The molecule has 0 aromatic heterocycles. The fourth-order valence-corrected chi connectivity index (χ4v) is 4.75. The summed E-state index contributed by atoms with van der Waals surface area (Å²) in [5, 5.41) is 0. The highest BCUT2D eigenvalue weighted by atomic mass is 32.2. The maximum Gasteiger partial charge on any atom is 0.340 e. The molecule has 0 bridgehead atoms. The number of hydrogen-bond donors (Lipinski definition) is 1. The average molecular weight is 394 g/mol. The highest BCUT2D eigenvalue weighted by Crippen LogP contribution is 2.35. The molecule has 27 heavy (non-hydrogen) atoms. The fraction of sp³-hybridized carbons (Fsp3) is 0.579. The van der Waals surface area contributed by atoms with Crippen molar-refractivity contribution in [2.24, 2.45) is 5.92 Å². The molecule has 1 heterocycles. The molecular formula is C19H26N2O5S. The highest BCUT2D eigenvalue weighted by molar-refractivity contribution is 7.92. The first kappa shape index (κ1) is 19.7. The molecule has 1 amide bonds. The SMILES string of the molecule is CS(=O)(=O)Nc1ccccc1C(=O)OCC(=O)N1CCC[C@H]2CCCC[C@@H]21. The first-order valence-electron chi connectivity index (χ1n) is 9.38. The van der Waals surface area contributed by atoms with Crippen LogP contribution in [-0.2, 0) is 19.6 Å². The zero-order valence-electron chi connectivity index (χ0n) is 15.5. The van der Waals surface area contributed by atoms with E-state index in [1.165, 1.54) is 31.4 Å². The molecule has 1 aliphatic carbocycles. The molecule has 1 aromatic rings. The van der Waals surface area contributed by atoms with Crippen LogP contribution in [-0.4, -0.2) is 50.6 Å². The van der Waals surface area contributed by atoms with Crippen molar-refractivity contribution in [2.45, 2.75) is 44.6 Å². The van der Waals surface area contributed by atoms with Crippen molar-refractivity contribution in [3.63, 3.8) is 0 Å². The van der Waals surface area contributed by atoms with Crippen LogP contribution in [0, 0.1) is 5.92 Å². The molecule has 0 spiro atoms. The van der Waals surface area contributed by atoms with Crippen LogP contribution in [0.25, 0.3) is 0 Å². The molecule has 1 saturated heterocycles. The number of rotatable bonds is 5. The standard InChI is InChI=1S/C19H26N2O5S/c1-27(24,25)20-16-10-4-3-9-15(16)19(23)26-13-18(22)21-12-6-8-14-7-2-5-11-17(14)21/h3-4,9-10,14,17,20H,2,5-8,11-13H2,1H3/t14-,17+/m1/s1. The normalized spacial score (nSPS) is 22.6. The quantitative estimate of drug-likeness (QED) is 0.774. The van der Waals surface area contributed by atoms with Gasteiger partial charge in [0.1, 0.15) is 0 Å². The topological polar surface area (TPSA) is 92.8 Å². The maximum absolute atomic E-state index is 12.6. The van der Waals surface area contributed by atoms with E-state index in [0.717, 1.165) is 25.5 Å². The first-order valence-corrected chi connectivity index (χ1v) is 11.3. The van der Waals surface area contributed by atoms with Gasteiger partial charge < -0.3 is 9.64 Å². The number of ether oxygens (including phenoxy) is 1. The summed E-state index contributed by atoms with van der Waals surface area (Å²) >= 11 is 0. The molecule has 7 nitrogen and oxygen atoms in total. The van der Waals surface area contributed by atoms with Gasteiger partial charge in [-0.3, -0.25) is 9.52 Å². The minimum atomic E-state index is -3.53.